The van der Waals surface area contributed by atoms with Gasteiger partial charge in [0.05, 0.1) is 7.11 Å². The molecule has 0 spiro atoms. The van der Waals surface area contributed by atoms with Gasteiger partial charge in [-0.05, 0) is 48.7 Å². The molecule has 0 fully saturated rings. The van der Waals surface area contributed by atoms with Crippen molar-refractivity contribution >= 4 is 12.0 Å². The van der Waals surface area contributed by atoms with Gasteiger partial charge in [-0.3, -0.25) is 4.79 Å². The first kappa shape index (κ1) is 18.5. The van der Waals surface area contributed by atoms with Gasteiger partial charge in [-0.15, -0.1) is 0 Å². The van der Waals surface area contributed by atoms with Gasteiger partial charge in [0.15, 0.2) is 18.1 Å². The number of halogens is 1. The Morgan fingerprint density at radius 1 is 1.20 bits per heavy atom. The van der Waals surface area contributed by atoms with E-state index in [1.54, 1.807) is 19.2 Å². The van der Waals surface area contributed by atoms with E-state index < -0.39 is 0 Å². The summed E-state index contributed by atoms with van der Waals surface area (Å²) >= 11 is 0. The van der Waals surface area contributed by atoms with Crippen molar-refractivity contribution in [3.05, 3.63) is 65.5 Å². The van der Waals surface area contributed by atoms with Crippen LogP contribution in [0.3, 0.4) is 0 Å². The summed E-state index contributed by atoms with van der Waals surface area (Å²) < 4.78 is 23.9. The quantitative estimate of drug-likeness (QED) is 0.797. The highest BCUT2D eigenvalue weighted by atomic mass is 19.1. The lowest BCUT2D eigenvalue weighted by Gasteiger charge is -2.11. The summed E-state index contributed by atoms with van der Waals surface area (Å²) in [5.41, 5.74) is 1.83. The van der Waals surface area contributed by atoms with Gasteiger partial charge in [0.1, 0.15) is 5.82 Å². The van der Waals surface area contributed by atoms with Gasteiger partial charge in [0.2, 0.25) is 0 Å². The van der Waals surface area contributed by atoms with Crippen LogP contribution in [0.2, 0.25) is 0 Å². The molecule has 0 unspecified atom stereocenters. The van der Waals surface area contributed by atoms with Crippen molar-refractivity contribution in [2.45, 2.75) is 13.3 Å². The molecular formula is C20H22FNO3. The molecule has 25 heavy (non-hydrogen) atoms. The van der Waals surface area contributed by atoms with E-state index in [-0.39, 0.29) is 18.3 Å². The predicted octanol–water partition coefficient (Wildman–Crippen LogP) is 3.61. The molecule has 0 heterocycles. The third-order valence-electron chi connectivity index (χ3n) is 3.53. The number of allylic oxidation sites excluding steroid dienone is 1. The van der Waals surface area contributed by atoms with E-state index in [1.807, 2.05) is 37.3 Å². The van der Waals surface area contributed by atoms with Crippen molar-refractivity contribution in [1.29, 1.82) is 0 Å². The summed E-state index contributed by atoms with van der Waals surface area (Å²) in [7, 11) is 1.56. The maximum atomic E-state index is 13.1. The number of methoxy groups -OCH3 is 1. The summed E-state index contributed by atoms with van der Waals surface area (Å²) in [5, 5.41) is 2.75. The zero-order valence-electron chi connectivity index (χ0n) is 14.4. The first-order chi connectivity index (χ1) is 12.1. The fraction of sp³-hybridized carbons (Fsp3) is 0.250. The van der Waals surface area contributed by atoms with Crippen molar-refractivity contribution in [1.82, 2.24) is 5.32 Å². The van der Waals surface area contributed by atoms with E-state index in [2.05, 4.69) is 5.32 Å². The van der Waals surface area contributed by atoms with Crippen LogP contribution < -0.4 is 14.8 Å². The number of amides is 1. The fourth-order valence-electron chi connectivity index (χ4n) is 2.33. The Morgan fingerprint density at radius 2 is 2.04 bits per heavy atom. The van der Waals surface area contributed by atoms with Gasteiger partial charge in [0.25, 0.3) is 5.91 Å². The van der Waals surface area contributed by atoms with Crippen LogP contribution in [0.5, 0.6) is 11.5 Å². The van der Waals surface area contributed by atoms with Crippen LogP contribution in [0.25, 0.3) is 6.08 Å². The van der Waals surface area contributed by atoms with E-state index in [4.69, 9.17) is 9.47 Å². The van der Waals surface area contributed by atoms with Gasteiger partial charge in [-0.1, -0.05) is 30.4 Å². The van der Waals surface area contributed by atoms with E-state index in [0.717, 1.165) is 11.1 Å². The summed E-state index contributed by atoms with van der Waals surface area (Å²) in [5.74, 6) is 0.566. The monoisotopic (exact) mass is 343 g/mol. The highest BCUT2D eigenvalue weighted by Gasteiger charge is 2.08. The Balaban J connectivity index is 1.81. The van der Waals surface area contributed by atoms with Crippen LogP contribution in [-0.2, 0) is 11.2 Å². The molecule has 2 aromatic carbocycles. The van der Waals surface area contributed by atoms with Crippen LogP contribution >= 0.6 is 0 Å². The SMILES string of the molecule is CC=Cc1ccc(OCC(=O)NCCc2cccc(F)c2)c(OC)c1. The number of carbonyl (C=O) groups is 1. The van der Waals surface area contributed by atoms with Gasteiger partial charge in [-0.25, -0.2) is 4.39 Å². The summed E-state index contributed by atoms with van der Waals surface area (Å²) in [6.45, 7) is 2.25. The largest absolute Gasteiger partial charge is 0.493 e. The van der Waals surface area contributed by atoms with Crippen LogP contribution in [0.1, 0.15) is 18.1 Å². The molecule has 4 nitrogen and oxygen atoms in total. The van der Waals surface area contributed by atoms with E-state index in [1.165, 1.54) is 12.1 Å². The first-order valence-corrected chi connectivity index (χ1v) is 8.07. The molecular weight excluding hydrogens is 321 g/mol. The molecule has 132 valence electrons. The van der Waals surface area contributed by atoms with Gasteiger partial charge in [0, 0.05) is 6.54 Å². The van der Waals surface area contributed by atoms with Crippen molar-refractivity contribution in [3.8, 4) is 11.5 Å². The Labute approximate surface area is 147 Å². The third-order valence-corrected chi connectivity index (χ3v) is 3.53. The molecule has 0 saturated heterocycles. The van der Waals surface area contributed by atoms with Crippen LogP contribution in [0.15, 0.2) is 48.5 Å². The van der Waals surface area contributed by atoms with Crippen LogP contribution in [0, 0.1) is 5.82 Å². The lowest BCUT2D eigenvalue weighted by molar-refractivity contribution is -0.123. The average molecular weight is 343 g/mol. The molecule has 0 aliphatic rings. The number of benzene rings is 2. The third kappa shape index (κ3) is 5.95. The maximum absolute atomic E-state index is 13.1. The second kappa shape index (κ2) is 9.47. The molecule has 2 rings (SSSR count). The second-order valence-corrected chi connectivity index (χ2v) is 5.43. The molecule has 0 bridgehead atoms. The Hall–Kier alpha value is -2.82. The zero-order valence-corrected chi connectivity index (χ0v) is 14.4. The van der Waals surface area contributed by atoms with Crippen molar-refractivity contribution in [3.63, 3.8) is 0 Å². The van der Waals surface area contributed by atoms with E-state index in [9.17, 15) is 9.18 Å². The number of ether oxygens (including phenoxy) is 2. The highest BCUT2D eigenvalue weighted by Crippen LogP contribution is 2.28. The number of rotatable bonds is 8. The summed E-state index contributed by atoms with van der Waals surface area (Å²) in [4.78, 5) is 11.9. The number of hydrogen-bond donors (Lipinski definition) is 1. The average Bonchev–Trinajstić information content (AvgIpc) is 2.61. The van der Waals surface area contributed by atoms with Crippen molar-refractivity contribution in [2.75, 3.05) is 20.3 Å². The van der Waals surface area contributed by atoms with Crippen molar-refractivity contribution in [2.24, 2.45) is 0 Å². The standard InChI is InChI=1S/C20H22FNO3/c1-3-5-15-8-9-18(19(13-15)24-2)25-14-20(23)22-11-10-16-6-4-7-17(21)12-16/h3-9,12-13H,10-11,14H2,1-2H3,(H,22,23). The molecule has 0 radical (unpaired) electrons. The number of hydrogen-bond acceptors (Lipinski definition) is 3. The van der Waals surface area contributed by atoms with E-state index in [0.29, 0.717) is 24.5 Å². The molecule has 0 atom stereocenters. The molecule has 1 amide bonds. The van der Waals surface area contributed by atoms with Gasteiger partial charge >= 0.3 is 0 Å². The summed E-state index contributed by atoms with van der Waals surface area (Å²) in [6.07, 6.45) is 4.44. The minimum atomic E-state index is -0.277. The molecule has 5 heteroatoms. The topological polar surface area (TPSA) is 47.6 Å². The molecule has 0 saturated carbocycles. The van der Waals surface area contributed by atoms with Crippen LogP contribution in [0.4, 0.5) is 4.39 Å². The normalized spacial score (nSPS) is 10.7. The number of nitrogens with one attached hydrogen (secondary N) is 1. The minimum absolute atomic E-state index is 0.109. The first-order valence-electron chi connectivity index (χ1n) is 8.07. The van der Waals surface area contributed by atoms with Gasteiger partial charge in [-0.2, -0.15) is 0 Å². The summed E-state index contributed by atoms with van der Waals surface area (Å²) in [6, 6.07) is 11.8. The smallest absolute Gasteiger partial charge is 0.257 e. The molecule has 2 aromatic rings. The lowest BCUT2D eigenvalue weighted by atomic mass is 10.1. The Morgan fingerprint density at radius 3 is 2.76 bits per heavy atom. The zero-order chi connectivity index (χ0) is 18.1. The second-order valence-electron chi connectivity index (χ2n) is 5.43. The van der Waals surface area contributed by atoms with Crippen LogP contribution in [-0.4, -0.2) is 26.2 Å². The maximum Gasteiger partial charge on any atom is 0.257 e. The van der Waals surface area contributed by atoms with Gasteiger partial charge < -0.3 is 14.8 Å². The Kier molecular flexibility index (Phi) is 7.01. The minimum Gasteiger partial charge on any atom is -0.493 e. The Bertz CT molecular complexity index is 743. The molecule has 0 aliphatic carbocycles. The molecule has 0 aromatic heterocycles. The lowest BCUT2D eigenvalue weighted by Crippen LogP contribution is -2.30. The van der Waals surface area contributed by atoms with Crippen molar-refractivity contribution < 1.29 is 18.7 Å². The predicted molar refractivity (Wildman–Crippen MR) is 96.3 cm³/mol. The fourth-order valence-corrected chi connectivity index (χ4v) is 2.33. The highest BCUT2D eigenvalue weighted by molar-refractivity contribution is 5.77. The molecule has 0 aliphatic heterocycles. The molecule has 1 N–H and O–H groups in total. The number of carbonyl (C=O) groups excluding carboxylic acids is 1. The van der Waals surface area contributed by atoms with E-state index >= 15 is 0 Å².